The van der Waals surface area contributed by atoms with Crippen molar-refractivity contribution in [3.05, 3.63) is 28.6 Å². The van der Waals surface area contributed by atoms with Gasteiger partial charge in [0.15, 0.2) is 5.13 Å². The molecule has 0 aliphatic carbocycles. The number of hydrogen-bond donors (Lipinski definition) is 1. The van der Waals surface area contributed by atoms with Crippen LogP contribution in [0.3, 0.4) is 0 Å². The minimum Gasteiger partial charge on any atom is -0.378 e. The summed E-state index contributed by atoms with van der Waals surface area (Å²) < 4.78 is 5.32. The summed E-state index contributed by atoms with van der Waals surface area (Å²) in [5.74, 6) is -0.107. The van der Waals surface area contributed by atoms with E-state index in [9.17, 15) is 4.79 Å². The number of nitrogens with one attached hydrogen (secondary N) is 1. The molecule has 3 heterocycles. The topological polar surface area (TPSA) is 54.5 Å². The highest BCUT2D eigenvalue weighted by Gasteiger charge is 2.15. The Morgan fingerprint density at radius 2 is 2.26 bits per heavy atom. The van der Waals surface area contributed by atoms with Gasteiger partial charge in [-0.15, -0.1) is 0 Å². The summed E-state index contributed by atoms with van der Waals surface area (Å²) in [6.07, 6.45) is 1.80. The second kappa shape index (κ2) is 5.68. The Kier molecular flexibility index (Phi) is 3.77. The number of nitrogens with zero attached hydrogens (tertiary/aromatic N) is 2. The van der Waals surface area contributed by atoms with Gasteiger partial charge < -0.3 is 9.64 Å². The molecule has 1 fully saturated rings. The van der Waals surface area contributed by atoms with Crippen LogP contribution >= 0.6 is 22.7 Å². The molecule has 0 saturated carbocycles. The molecule has 1 saturated heterocycles. The average Bonchev–Trinajstić information content (AvgIpc) is 3.11. The lowest BCUT2D eigenvalue weighted by Crippen LogP contribution is -2.35. The van der Waals surface area contributed by atoms with Crippen molar-refractivity contribution in [3.8, 4) is 0 Å². The molecule has 0 unspecified atom stereocenters. The predicted molar refractivity (Wildman–Crippen MR) is 77.4 cm³/mol. The zero-order chi connectivity index (χ0) is 13.1. The molecule has 0 atom stereocenters. The number of carbonyl (C=O) groups excluding carboxylic acids is 1. The molecule has 0 spiro atoms. The van der Waals surface area contributed by atoms with Crippen LogP contribution in [-0.2, 0) is 4.74 Å². The highest BCUT2D eigenvalue weighted by atomic mass is 32.1. The van der Waals surface area contributed by atoms with Crippen LogP contribution in [0.15, 0.2) is 23.0 Å². The molecule has 1 aliphatic rings. The van der Waals surface area contributed by atoms with Crippen LogP contribution < -0.4 is 10.2 Å². The lowest BCUT2D eigenvalue weighted by molar-refractivity contribution is 0.102. The van der Waals surface area contributed by atoms with Crippen LogP contribution in [0.1, 0.15) is 10.4 Å². The van der Waals surface area contributed by atoms with Crippen LogP contribution in [-0.4, -0.2) is 37.2 Å². The van der Waals surface area contributed by atoms with Gasteiger partial charge in [0.2, 0.25) is 0 Å². The van der Waals surface area contributed by atoms with Crippen molar-refractivity contribution in [2.75, 3.05) is 36.5 Å². The largest absolute Gasteiger partial charge is 0.378 e. The summed E-state index contributed by atoms with van der Waals surface area (Å²) in [4.78, 5) is 18.4. The van der Waals surface area contributed by atoms with Gasteiger partial charge in [0.05, 0.1) is 25.0 Å². The molecule has 2 aromatic rings. The van der Waals surface area contributed by atoms with Crippen molar-refractivity contribution in [1.82, 2.24) is 4.98 Å². The Bertz CT molecular complexity index is 547. The number of ether oxygens (including phenoxy) is 1. The summed E-state index contributed by atoms with van der Waals surface area (Å²) in [6, 6.07) is 1.80. The Balaban J connectivity index is 1.66. The zero-order valence-electron chi connectivity index (χ0n) is 10.2. The number of rotatable bonds is 3. The third-order valence-electron chi connectivity index (χ3n) is 2.82. The SMILES string of the molecule is O=C(Nc1ncc(N2CCOCC2)s1)c1ccsc1. The molecule has 19 heavy (non-hydrogen) atoms. The standard InChI is InChI=1S/C12H13N3O2S2/c16-11(9-1-6-18-8-9)14-12-13-7-10(19-12)15-2-4-17-5-3-15/h1,6-8H,2-5H2,(H,13,14,16). The molecule has 1 N–H and O–H groups in total. The molecule has 0 aromatic carbocycles. The van der Waals surface area contributed by atoms with Gasteiger partial charge in [-0.2, -0.15) is 11.3 Å². The van der Waals surface area contributed by atoms with E-state index in [-0.39, 0.29) is 5.91 Å². The van der Waals surface area contributed by atoms with Gasteiger partial charge in [-0.3, -0.25) is 10.1 Å². The Hall–Kier alpha value is -1.44. The smallest absolute Gasteiger partial charge is 0.258 e. The predicted octanol–water partition coefficient (Wildman–Crippen LogP) is 2.29. The summed E-state index contributed by atoms with van der Waals surface area (Å²) in [5.41, 5.74) is 0.674. The number of anilines is 2. The normalized spacial score (nSPS) is 15.5. The lowest BCUT2D eigenvalue weighted by atomic mass is 10.3. The van der Waals surface area contributed by atoms with Crippen molar-refractivity contribution in [1.29, 1.82) is 0 Å². The molecule has 100 valence electrons. The minimum atomic E-state index is -0.107. The molecule has 0 radical (unpaired) electrons. The maximum absolute atomic E-state index is 11.9. The Morgan fingerprint density at radius 3 is 3.00 bits per heavy atom. The van der Waals surface area contributed by atoms with E-state index >= 15 is 0 Å². The fraction of sp³-hybridized carbons (Fsp3) is 0.333. The number of carbonyl (C=O) groups is 1. The van der Waals surface area contributed by atoms with E-state index in [4.69, 9.17) is 4.74 Å². The maximum Gasteiger partial charge on any atom is 0.258 e. The molecule has 5 nitrogen and oxygen atoms in total. The van der Waals surface area contributed by atoms with Crippen molar-refractivity contribution < 1.29 is 9.53 Å². The number of morpholine rings is 1. The molecule has 0 bridgehead atoms. The zero-order valence-corrected chi connectivity index (χ0v) is 11.8. The number of thiophene rings is 1. The van der Waals surface area contributed by atoms with Crippen molar-refractivity contribution in [2.45, 2.75) is 0 Å². The molecule has 7 heteroatoms. The van der Waals surface area contributed by atoms with Crippen molar-refractivity contribution in [2.24, 2.45) is 0 Å². The van der Waals surface area contributed by atoms with Crippen LogP contribution in [0, 0.1) is 0 Å². The minimum absolute atomic E-state index is 0.107. The van der Waals surface area contributed by atoms with Gasteiger partial charge in [-0.1, -0.05) is 11.3 Å². The van der Waals surface area contributed by atoms with E-state index in [1.807, 2.05) is 10.8 Å². The fourth-order valence-electron chi connectivity index (χ4n) is 1.82. The molecule has 1 amide bonds. The molecular formula is C12H13N3O2S2. The summed E-state index contributed by atoms with van der Waals surface area (Å²) in [5, 5.41) is 8.24. The van der Waals surface area contributed by atoms with Crippen molar-refractivity contribution >= 4 is 38.7 Å². The van der Waals surface area contributed by atoms with E-state index in [1.165, 1.54) is 22.7 Å². The van der Waals surface area contributed by atoms with Crippen LogP contribution in [0.4, 0.5) is 10.1 Å². The third kappa shape index (κ3) is 2.94. The molecular weight excluding hydrogens is 282 g/mol. The summed E-state index contributed by atoms with van der Waals surface area (Å²) in [7, 11) is 0. The highest BCUT2D eigenvalue weighted by molar-refractivity contribution is 7.19. The first-order valence-corrected chi connectivity index (χ1v) is 7.71. The number of thiazole rings is 1. The van der Waals surface area contributed by atoms with Crippen molar-refractivity contribution in [3.63, 3.8) is 0 Å². The van der Waals surface area contributed by atoms with E-state index in [0.29, 0.717) is 10.7 Å². The molecule has 2 aromatic heterocycles. The van der Waals surface area contributed by atoms with E-state index < -0.39 is 0 Å². The average molecular weight is 295 g/mol. The first-order chi connectivity index (χ1) is 9.33. The number of aromatic nitrogens is 1. The van der Waals surface area contributed by atoms with Crippen LogP contribution in [0.5, 0.6) is 0 Å². The lowest BCUT2D eigenvalue weighted by Gasteiger charge is -2.26. The van der Waals surface area contributed by atoms with Gasteiger partial charge in [-0.25, -0.2) is 4.98 Å². The van der Waals surface area contributed by atoms with Crippen LogP contribution in [0.2, 0.25) is 0 Å². The second-order valence-corrected chi connectivity index (χ2v) is 5.86. The van der Waals surface area contributed by atoms with Gasteiger partial charge in [0, 0.05) is 18.5 Å². The monoisotopic (exact) mass is 295 g/mol. The number of hydrogen-bond acceptors (Lipinski definition) is 6. The molecule has 1 aliphatic heterocycles. The summed E-state index contributed by atoms with van der Waals surface area (Å²) in [6.45, 7) is 3.24. The quantitative estimate of drug-likeness (QED) is 0.944. The highest BCUT2D eigenvalue weighted by Crippen LogP contribution is 2.28. The molecule has 3 rings (SSSR count). The number of amides is 1. The van der Waals surface area contributed by atoms with E-state index in [1.54, 1.807) is 12.3 Å². The van der Waals surface area contributed by atoms with E-state index in [2.05, 4.69) is 15.2 Å². The fourth-order valence-corrected chi connectivity index (χ4v) is 3.32. The van der Waals surface area contributed by atoms with Gasteiger partial charge in [0.1, 0.15) is 5.00 Å². The van der Waals surface area contributed by atoms with E-state index in [0.717, 1.165) is 31.3 Å². The second-order valence-electron chi connectivity index (χ2n) is 4.07. The van der Waals surface area contributed by atoms with Gasteiger partial charge >= 0.3 is 0 Å². The maximum atomic E-state index is 11.9. The summed E-state index contributed by atoms with van der Waals surface area (Å²) >= 11 is 3.00. The third-order valence-corrected chi connectivity index (χ3v) is 4.48. The Morgan fingerprint density at radius 1 is 1.42 bits per heavy atom. The first-order valence-electron chi connectivity index (χ1n) is 5.95. The first kappa shape index (κ1) is 12.6. The Labute approximate surface area is 118 Å². The van der Waals surface area contributed by atoms with Gasteiger partial charge in [-0.05, 0) is 11.4 Å². The van der Waals surface area contributed by atoms with Crippen LogP contribution in [0.25, 0.3) is 0 Å². The van der Waals surface area contributed by atoms with Gasteiger partial charge in [0.25, 0.3) is 5.91 Å².